The van der Waals surface area contributed by atoms with E-state index in [0.29, 0.717) is 26.1 Å². The van der Waals surface area contributed by atoms with Gasteiger partial charge < -0.3 is 14.4 Å². The van der Waals surface area contributed by atoms with Gasteiger partial charge in [-0.15, -0.1) is 0 Å². The molecule has 1 spiro atoms. The van der Waals surface area contributed by atoms with Gasteiger partial charge in [0.1, 0.15) is 0 Å². The van der Waals surface area contributed by atoms with Crippen molar-refractivity contribution in [1.29, 1.82) is 0 Å². The number of nitrogens with zero attached hydrogens (tertiary/aromatic N) is 1. The zero-order valence-electron chi connectivity index (χ0n) is 9.88. The second-order valence-corrected chi connectivity index (χ2v) is 4.46. The summed E-state index contributed by atoms with van der Waals surface area (Å²) in [6.07, 6.45) is 0.484. The highest BCUT2D eigenvalue weighted by atomic mass is 19.3. The van der Waals surface area contributed by atoms with Crippen molar-refractivity contribution in [3.8, 4) is 0 Å². The number of amides is 1. The Labute approximate surface area is 98.9 Å². The number of alkyl halides is 2. The van der Waals surface area contributed by atoms with E-state index in [4.69, 9.17) is 9.47 Å². The van der Waals surface area contributed by atoms with E-state index in [1.54, 1.807) is 0 Å². The number of hydrogen-bond donors (Lipinski definition) is 0. The highest BCUT2D eigenvalue weighted by molar-refractivity contribution is 5.83. The zero-order valence-corrected chi connectivity index (χ0v) is 9.88. The summed E-state index contributed by atoms with van der Waals surface area (Å²) in [6.45, 7) is 2.94. The fourth-order valence-corrected chi connectivity index (χ4v) is 2.22. The smallest absolute Gasteiger partial charge is 0.324 e. The first-order valence-electron chi connectivity index (χ1n) is 5.94. The van der Waals surface area contributed by atoms with Crippen molar-refractivity contribution >= 4 is 5.91 Å². The van der Waals surface area contributed by atoms with Gasteiger partial charge in [-0.2, -0.15) is 8.78 Å². The first-order chi connectivity index (χ1) is 7.99. The Kier molecular flexibility index (Phi) is 3.36. The van der Waals surface area contributed by atoms with Crippen molar-refractivity contribution in [3.05, 3.63) is 0 Å². The molecule has 17 heavy (non-hydrogen) atoms. The lowest BCUT2D eigenvalue weighted by atomic mass is 10.0. The molecule has 2 aliphatic heterocycles. The minimum absolute atomic E-state index is 0.272. The summed E-state index contributed by atoms with van der Waals surface area (Å²) in [5.74, 6) is -4.95. The molecule has 98 valence electrons. The molecule has 0 aliphatic carbocycles. The molecule has 0 saturated carbocycles. The Bertz CT molecular complexity index is 293. The van der Waals surface area contributed by atoms with Gasteiger partial charge in [-0.05, 0) is 0 Å². The van der Waals surface area contributed by atoms with Crippen LogP contribution in [-0.2, 0) is 14.3 Å². The van der Waals surface area contributed by atoms with E-state index in [0.717, 1.165) is 0 Å². The molecule has 0 atom stereocenters. The lowest BCUT2D eigenvalue weighted by Gasteiger charge is -2.38. The normalized spacial score (nSPS) is 24.3. The Morgan fingerprint density at radius 2 is 1.82 bits per heavy atom. The number of hydrogen-bond acceptors (Lipinski definition) is 3. The molecule has 2 saturated heterocycles. The Morgan fingerprint density at radius 1 is 1.29 bits per heavy atom. The molecule has 0 aromatic carbocycles. The van der Waals surface area contributed by atoms with Gasteiger partial charge in [0.15, 0.2) is 5.79 Å². The molecule has 2 rings (SSSR count). The van der Waals surface area contributed by atoms with E-state index >= 15 is 0 Å². The monoisotopic (exact) mass is 249 g/mol. The minimum Gasteiger partial charge on any atom is -0.347 e. The molecule has 0 aromatic rings. The van der Waals surface area contributed by atoms with Crippen LogP contribution in [0.3, 0.4) is 0 Å². The summed E-state index contributed by atoms with van der Waals surface area (Å²) in [6, 6.07) is 0. The number of carbonyl (C=O) groups is 1. The van der Waals surface area contributed by atoms with E-state index in [9.17, 15) is 13.6 Å². The van der Waals surface area contributed by atoms with E-state index in [-0.39, 0.29) is 13.1 Å². The van der Waals surface area contributed by atoms with Crippen molar-refractivity contribution in [2.75, 3.05) is 26.3 Å². The quantitative estimate of drug-likeness (QED) is 0.742. The van der Waals surface area contributed by atoms with E-state index in [2.05, 4.69) is 0 Å². The molecular weight excluding hydrogens is 232 g/mol. The maximum absolute atomic E-state index is 13.2. The Hall–Kier alpha value is -0.750. The fraction of sp³-hybridized carbons (Fsp3) is 0.909. The third kappa shape index (κ3) is 2.42. The second-order valence-electron chi connectivity index (χ2n) is 4.46. The summed E-state index contributed by atoms with van der Waals surface area (Å²) < 4.78 is 37.4. The van der Waals surface area contributed by atoms with Gasteiger partial charge in [-0.1, -0.05) is 6.92 Å². The summed E-state index contributed by atoms with van der Waals surface area (Å²) in [7, 11) is 0. The molecule has 2 heterocycles. The molecule has 2 fully saturated rings. The zero-order chi connectivity index (χ0) is 12.5. The van der Waals surface area contributed by atoms with Crippen molar-refractivity contribution < 1.29 is 23.0 Å². The van der Waals surface area contributed by atoms with Crippen LogP contribution in [0, 0.1) is 0 Å². The third-order valence-electron chi connectivity index (χ3n) is 3.38. The molecule has 0 radical (unpaired) electrons. The van der Waals surface area contributed by atoms with E-state index < -0.39 is 24.0 Å². The van der Waals surface area contributed by atoms with Crippen LogP contribution in [0.25, 0.3) is 0 Å². The van der Waals surface area contributed by atoms with Gasteiger partial charge in [0.2, 0.25) is 0 Å². The number of rotatable bonds is 2. The number of ether oxygens (including phenoxy) is 2. The third-order valence-corrected chi connectivity index (χ3v) is 3.38. The predicted octanol–water partition coefficient (Wildman–Crippen LogP) is 1.40. The molecule has 6 heteroatoms. The van der Waals surface area contributed by atoms with Crippen LogP contribution in [0.15, 0.2) is 0 Å². The van der Waals surface area contributed by atoms with Gasteiger partial charge in [0.25, 0.3) is 5.91 Å². The standard InChI is InChI=1S/C11H17F2NO3/c1-2-11(12,13)9(15)14-5-3-10(4-6-14)16-7-8-17-10/h2-8H2,1H3. The molecule has 0 unspecified atom stereocenters. The number of carbonyl (C=O) groups excluding carboxylic acids is 1. The van der Waals surface area contributed by atoms with Gasteiger partial charge in [0.05, 0.1) is 13.2 Å². The topological polar surface area (TPSA) is 38.8 Å². The first-order valence-corrected chi connectivity index (χ1v) is 5.94. The van der Waals surface area contributed by atoms with Crippen molar-refractivity contribution in [2.45, 2.75) is 37.9 Å². The summed E-state index contributed by atoms with van der Waals surface area (Å²) in [5, 5.41) is 0. The van der Waals surface area contributed by atoms with Crippen molar-refractivity contribution in [2.24, 2.45) is 0 Å². The molecule has 4 nitrogen and oxygen atoms in total. The Morgan fingerprint density at radius 3 is 2.29 bits per heavy atom. The van der Waals surface area contributed by atoms with E-state index in [1.807, 2.05) is 0 Å². The average Bonchev–Trinajstić information content (AvgIpc) is 2.78. The van der Waals surface area contributed by atoms with E-state index in [1.165, 1.54) is 11.8 Å². The van der Waals surface area contributed by atoms with Crippen LogP contribution < -0.4 is 0 Å². The van der Waals surface area contributed by atoms with Gasteiger partial charge in [-0.3, -0.25) is 4.79 Å². The maximum atomic E-state index is 13.2. The summed E-state index contributed by atoms with van der Waals surface area (Å²) in [4.78, 5) is 12.8. The fourth-order valence-electron chi connectivity index (χ4n) is 2.22. The Balaban J connectivity index is 1.93. The van der Waals surface area contributed by atoms with Crippen LogP contribution in [0.5, 0.6) is 0 Å². The maximum Gasteiger partial charge on any atom is 0.324 e. The highest BCUT2D eigenvalue weighted by Gasteiger charge is 2.45. The number of halogens is 2. The van der Waals surface area contributed by atoms with Crippen LogP contribution in [0.1, 0.15) is 26.2 Å². The lowest BCUT2D eigenvalue weighted by Crippen LogP contribution is -2.51. The van der Waals surface area contributed by atoms with Crippen LogP contribution >= 0.6 is 0 Å². The number of likely N-dealkylation sites (tertiary alicyclic amines) is 1. The lowest BCUT2D eigenvalue weighted by molar-refractivity contribution is -0.194. The SMILES string of the molecule is CCC(F)(F)C(=O)N1CCC2(CC1)OCCO2. The molecule has 2 aliphatic rings. The van der Waals surface area contributed by atoms with Gasteiger partial charge >= 0.3 is 5.92 Å². The first kappa shape index (κ1) is 12.7. The molecule has 1 amide bonds. The molecule has 0 aromatic heterocycles. The molecule has 0 bridgehead atoms. The molecular formula is C11H17F2NO3. The largest absolute Gasteiger partial charge is 0.347 e. The van der Waals surface area contributed by atoms with Gasteiger partial charge in [-0.25, -0.2) is 0 Å². The molecule has 0 N–H and O–H groups in total. The van der Waals surface area contributed by atoms with Crippen LogP contribution in [-0.4, -0.2) is 48.8 Å². The summed E-state index contributed by atoms with van der Waals surface area (Å²) >= 11 is 0. The van der Waals surface area contributed by atoms with Crippen molar-refractivity contribution in [3.63, 3.8) is 0 Å². The highest BCUT2D eigenvalue weighted by Crippen LogP contribution is 2.33. The predicted molar refractivity (Wildman–Crippen MR) is 55.7 cm³/mol. The van der Waals surface area contributed by atoms with Crippen molar-refractivity contribution in [1.82, 2.24) is 4.90 Å². The minimum atomic E-state index is -3.25. The van der Waals surface area contributed by atoms with Crippen LogP contribution in [0.2, 0.25) is 0 Å². The number of piperidine rings is 1. The average molecular weight is 249 g/mol. The summed E-state index contributed by atoms with van der Waals surface area (Å²) in [5.41, 5.74) is 0. The second kappa shape index (κ2) is 4.49. The van der Waals surface area contributed by atoms with Crippen LogP contribution in [0.4, 0.5) is 8.78 Å². The van der Waals surface area contributed by atoms with Gasteiger partial charge in [0, 0.05) is 32.4 Å².